The van der Waals surface area contributed by atoms with Crippen LogP contribution in [0.3, 0.4) is 0 Å². The Bertz CT molecular complexity index is 599. The Labute approximate surface area is 135 Å². The monoisotopic (exact) mass is 348 g/mol. The van der Waals surface area contributed by atoms with Gasteiger partial charge in [0.15, 0.2) is 0 Å². The third-order valence-corrected chi connectivity index (χ3v) is 4.59. The maximum Gasteiger partial charge on any atom is 0.416 e. The minimum absolute atomic E-state index is 0.0863. The number of thioether (sulfide) groups is 2. The Morgan fingerprint density at radius 3 is 2.45 bits per heavy atom. The average Bonchev–Trinajstić information content (AvgIpc) is 2.92. The second kappa shape index (κ2) is 7.41. The minimum Gasteiger partial charge on any atom is -0.415 e. The molecular formula is C14H15F3N2OS2. The van der Waals surface area contributed by atoms with E-state index in [0.29, 0.717) is 22.6 Å². The molecule has 3 nitrogen and oxygen atoms in total. The summed E-state index contributed by atoms with van der Waals surface area (Å²) < 4.78 is 43.0. The number of benzene rings is 1. The fraction of sp³-hybridized carbons (Fsp3) is 0.429. The van der Waals surface area contributed by atoms with Gasteiger partial charge in [0, 0.05) is 5.75 Å². The van der Waals surface area contributed by atoms with Crippen LogP contribution in [0.15, 0.2) is 33.9 Å². The Kier molecular flexibility index (Phi) is 5.80. The van der Waals surface area contributed by atoms with Gasteiger partial charge in [-0.05, 0) is 29.9 Å². The van der Waals surface area contributed by atoms with E-state index in [-0.39, 0.29) is 5.92 Å². The summed E-state index contributed by atoms with van der Waals surface area (Å²) in [6.07, 6.45) is -2.35. The molecule has 0 aliphatic heterocycles. The van der Waals surface area contributed by atoms with E-state index in [1.807, 2.05) is 13.2 Å². The van der Waals surface area contributed by atoms with Crippen LogP contribution >= 0.6 is 23.5 Å². The molecule has 22 heavy (non-hydrogen) atoms. The van der Waals surface area contributed by atoms with Gasteiger partial charge in [0.05, 0.1) is 11.3 Å². The zero-order valence-corrected chi connectivity index (χ0v) is 13.7. The lowest BCUT2D eigenvalue weighted by Crippen LogP contribution is -2.05. The first-order valence-electron chi connectivity index (χ1n) is 6.51. The van der Waals surface area contributed by atoms with Crippen molar-refractivity contribution in [2.45, 2.75) is 30.0 Å². The molecular weight excluding hydrogens is 333 g/mol. The zero-order chi connectivity index (χ0) is 16.2. The van der Waals surface area contributed by atoms with E-state index in [1.165, 1.54) is 23.9 Å². The predicted molar refractivity (Wildman–Crippen MR) is 82.1 cm³/mol. The van der Waals surface area contributed by atoms with Crippen molar-refractivity contribution in [2.24, 2.45) is 0 Å². The molecule has 2 rings (SSSR count). The molecule has 0 aliphatic rings. The van der Waals surface area contributed by atoms with Crippen molar-refractivity contribution in [2.75, 3.05) is 12.0 Å². The van der Waals surface area contributed by atoms with Crippen LogP contribution in [0.25, 0.3) is 0 Å². The van der Waals surface area contributed by atoms with Gasteiger partial charge in [-0.1, -0.05) is 30.8 Å². The largest absolute Gasteiger partial charge is 0.416 e. The van der Waals surface area contributed by atoms with Gasteiger partial charge >= 0.3 is 6.18 Å². The molecule has 0 N–H and O–H groups in total. The quantitative estimate of drug-likeness (QED) is 0.698. The molecule has 0 saturated heterocycles. The van der Waals surface area contributed by atoms with Crippen LogP contribution in [0.1, 0.15) is 29.9 Å². The van der Waals surface area contributed by atoms with Gasteiger partial charge in [0.1, 0.15) is 0 Å². The second-order valence-corrected chi connectivity index (χ2v) is 6.56. The molecule has 1 unspecified atom stereocenters. The molecule has 1 heterocycles. The highest BCUT2D eigenvalue weighted by Crippen LogP contribution is 2.31. The summed E-state index contributed by atoms with van der Waals surface area (Å²) >= 11 is 3.00. The Morgan fingerprint density at radius 1 is 1.18 bits per heavy atom. The summed E-state index contributed by atoms with van der Waals surface area (Å²) in [5.74, 6) is 1.99. The van der Waals surface area contributed by atoms with Gasteiger partial charge < -0.3 is 4.42 Å². The van der Waals surface area contributed by atoms with Gasteiger partial charge in [-0.3, -0.25) is 0 Å². The first-order chi connectivity index (χ1) is 10.4. The molecule has 8 heteroatoms. The number of aromatic nitrogens is 2. The standard InChI is InChI=1S/C14H15F3N2OS2/c1-9(7-22-13-19-18-12(20-13)8-21-2)10-3-5-11(6-4-10)14(15,16)17/h3-6,9H,7-8H2,1-2H3. The molecule has 0 radical (unpaired) electrons. The van der Waals surface area contributed by atoms with Crippen molar-refractivity contribution in [3.63, 3.8) is 0 Å². The molecule has 0 spiro atoms. The van der Waals surface area contributed by atoms with Crippen LogP contribution in [0.4, 0.5) is 13.2 Å². The molecule has 2 aromatic rings. The lowest BCUT2D eigenvalue weighted by atomic mass is 10.0. The van der Waals surface area contributed by atoms with Crippen LogP contribution in [-0.2, 0) is 11.9 Å². The van der Waals surface area contributed by atoms with E-state index >= 15 is 0 Å². The lowest BCUT2D eigenvalue weighted by molar-refractivity contribution is -0.137. The van der Waals surface area contributed by atoms with E-state index < -0.39 is 11.7 Å². The van der Waals surface area contributed by atoms with E-state index in [0.717, 1.165) is 17.7 Å². The summed E-state index contributed by atoms with van der Waals surface area (Å²) in [5, 5.41) is 8.33. The molecule has 0 saturated carbocycles. The van der Waals surface area contributed by atoms with Crippen molar-refractivity contribution in [1.29, 1.82) is 0 Å². The van der Waals surface area contributed by atoms with E-state index in [9.17, 15) is 13.2 Å². The summed E-state index contributed by atoms with van der Waals surface area (Å²) in [6, 6.07) is 5.25. The van der Waals surface area contributed by atoms with Gasteiger partial charge in [-0.25, -0.2) is 0 Å². The van der Waals surface area contributed by atoms with Gasteiger partial charge in [0.2, 0.25) is 5.89 Å². The first-order valence-corrected chi connectivity index (χ1v) is 8.89. The summed E-state index contributed by atoms with van der Waals surface area (Å²) in [5.41, 5.74) is 0.221. The van der Waals surface area contributed by atoms with Crippen molar-refractivity contribution >= 4 is 23.5 Å². The normalized spacial score (nSPS) is 13.3. The van der Waals surface area contributed by atoms with E-state index in [4.69, 9.17) is 4.42 Å². The average molecular weight is 348 g/mol. The van der Waals surface area contributed by atoms with E-state index in [1.54, 1.807) is 11.8 Å². The number of alkyl halides is 3. The highest BCUT2D eigenvalue weighted by Gasteiger charge is 2.30. The number of hydrogen-bond acceptors (Lipinski definition) is 5. The van der Waals surface area contributed by atoms with Crippen LogP contribution < -0.4 is 0 Å². The molecule has 1 aromatic heterocycles. The first kappa shape index (κ1) is 17.2. The second-order valence-electron chi connectivity index (χ2n) is 4.73. The van der Waals surface area contributed by atoms with Crippen LogP contribution in [0.5, 0.6) is 0 Å². The Balaban J connectivity index is 1.92. The molecule has 0 amide bonds. The fourth-order valence-corrected chi connectivity index (χ4v) is 2.97. The number of rotatable bonds is 6. The lowest BCUT2D eigenvalue weighted by Gasteiger charge is -2.12. The SMILES string of the molecule is CSCc1nnc(SCC(C)c2ccc(C(F)(F)F)cc2)o1. The topological polar surface area (TPSA) is 38.9 Å². The number of nitrogens with zero attached hydrogens (tertiary/aromatic N) is 2. The highest BCUT2D eigenvalue weighted by molar-refractivity contribution is 7.99. The summed E-state index contributed by atoms with van der Waals surface area (Å²) in [7, 11) is 0. The molecule has 0 aliphatic carbocycles. The number of halogens is 3. The molecule has 120 valence electrons. The van der Waals surface area contributed by atoms with Gasteiger partial charge in [-0.2, -0.15) is 24.9 Å². The van der Waals surface area contributed by atoms with Crippen LogP contribution in [0, 0.1) is 0 Å². The van der Waals surface area contributed by atoms with E-state index in [2.05, 4.69) is 10.2 Å². The van der Waals surface area contributed by atoms with Crippen molar-refractivity contribution < 1.29 is 17.6 Å². The van der Waals surface area contributed by atoms with Gasteiger partial charge in [0.25, 0.3) is 5.22 Å². The smallest absolute Gasteiger partial charge is 0.415 e. The number of hydrogen-bond donors (Lipinski definition) is 0. The van der Waals surface area contributed by atoms with Crippen molar-refractivity contribution in [3.8, 4) is 0 Å². The fourth-order valence-electron chi connectivity index (χ4n) is 1.77. The van der Waals surface area contributed by atoms with Gasteiger partial charge in [-0.15, -0.1) is 10.2 Å². The summed E-state index contributed by atoms with van der Waals surface area (Å²) in [6.45, 7) is 1.95. The maximum atomic E-state index is 12.5. The van der Waals surface area contributed by atoms with Crippen molar-refractivity contribution in [3.05, 3.63) is 41.3 Å². The maximum absolute atomic E-state index is 12.5. The third kappa shape index (κ3) is 4.67. The zero-order valence-electron chi connectivity index (χ0n) is 12.1. The molecule has 1 atom stereocenters. The third-order valence-electron chi connectivity index (χ3n) is 2.98. The molecule has 1 aromatic carbocycles. The molecule has 0 bridgehead atoms. The molecule has 0 fully saturated rings. The van der Waals surface area contributed by atoms with Crippen LogP contribution in [0.2, 0.25) is 0 Å². The summed E-state index contributed by atoms with van der Waals surface area (Å²) in [4.78, 5) is 0. The highest BCUT2D eigenvalue weighted by atomic mass is 32.2. The predicted octanol–water partition coefficient (Wildman–Crippen LogP) is 4.85. The van der Waals surface area contributed by atoms with Crippen molar-refractivity contribution in [1.82, 2.24) is 10.2 Å². The Hall–Kier alpha value is -1.15. The van der Waals surface area contributed by atoms with Crippen LogP contribution in [-0.4, -0.2) is 22.2 Å². The Morgan fingerprint density at radius 2 is 1.86 bits per heavy atom. The minimum atomic E-state index is -4.30.